The number of nitrogens with one attached hydrogen (secondary N) is 2. The Labute approximate surface area is 222 Å². The molecule has 194 valence electrons. The van der Waals surface area contributed by atoms with Crippen molar-refractivity contribution in [3.8, 4) is 0 Å². The third kappa shape index (κ3) is 6.51. The maximum Gasteiger partial charge on any atom is 0.341 e. The molecule has 0 aliphatic heterocycles. The first-order valence-electron chi connectivity index (χ1n) is 13.1. The second kappa shape index (κ2) is 12.8. The van der Waals surface area contributed by atoms with Crippen LogP contribution in [0.5, 0.6) is 0 Å². The summed E-state index contributed by atoms with van der Waals surface area (Å²) in [6, 6.07) is 7.71. The van der Waals surface area contributed by atoms with Crippen LogP contribution < -0.4 is 10.6 Å². The smallest absolute Gasteiger partial charge is 0.341 e. The number of carbonyl (C=O) groups excluding carboxylic acids is 3. The zero-order chi connectivity index (χ0) is 25.5. The van der Waals surface area contributed by atoms with E-state index >= 15 is 0 Å². The van der Waals surface area contributed by atoms with Gasteiger partial charge in [0.25, 0.3) is 0 Å². The zero-order valence-electron chi connectivity index (χ0n) is 21.2. The van der Waals surface area contributed by atoms with Gasteiger partial charge in [0.15, 0.2) is 0 Å². The summed E-state index contributed by atoms with van der Waals surface area (Å²) in [4.78, 5) is 40.7. The number of thiophene rings is 1. The van der Waals surface area contributed by atoms with E-state index in [9.17, 15) is 14.4 Å². The van der Waals surface area contributed by atoms with Gasteiger partial charge in [0, 0.05) is 21.4 Å². The molecule has 0 spiro atoms. The number of carbonyl (C=O) groups is 3. The number of anilines is 2. The fraction of sp³-hybridized carbons (Fsp3) is 0.536. The van der Waals surface area contributed by atoms with Crippen molar-refractivity contribution < 1.29 is 19.1 Å². The molecule has 2 aliphatic carbocycles. The van der Waals surface area contributed by atoms with Gasteiger partial charge in [-0.15, -0.1) is 23.1 Å². The number of esters is 1. The molecule has 1 unspecified atom stereocenters. The van der Waals surface area contributed by atoms with E-state index in [0.717, 1.165) is 73.9 Å². The lowest BCUT2D eigenvalue weighted by atomic mass is 9.88. The Balaban J connectivity index is 1.45. The number of methoxy groups -OCH3 is 1. The summed E-state index contributed by atoms with van der Waals surface area (Å²) < 4.78 is 5.07. The van der Waals surface area contributed by atoms with Gasteiger partial charge < -0.3 is 15.4 Å². The molecule has 36 heavy (non-hydrogen) atoms. The Morgan fingerprint density at radius 2 is 1.81 bits per heavy atom. The fourth-order valence-electron chi connectivity index (χ4n) is 5.08. The Morgan fingerprint density at radius 1 is 1.06 bits per heavy atom. The van der Waals surface area contributed by atoms with Gasteiger partial charge in [0.1, 0.15) is 5.00 Å². The third-order valence-electron chi connectivity index (χ3n) is 7.07. The van der Waals surface area contributed by atoms with Crippen LogP contribution in [0.1, 0.15) is 85.5 Å². The number of hydrogen-bond acceptors (Lipinski definition) is 6. The second-order valence-electron chi connectivity index (χ2n) is 9.62. The summed E-state index contributed by atoms with van der Waals surface area (Å²) in [5.74, 6) is -0.323. The Hall–Kier alpha value is -2.32. The number of fused-ring (bicyclic) bond motifs is 1. The topological polar surface area (TPSA) is 84.5 Å². The lowest BCUT2D eigenvalue weighted by Gasteiger charge is -2.21. The first kappa shape index (κ1) is 26.7. The van der Waals surface area contributed by atoms with Crippen LogP contribution in [-0.2, 0) is 27.2 Å². The highest BCUT2D eigenvalue weighted by Gasteiger charge is 2.28. The van der Waals surface area contributed by atoms with Gasteiger partial charge in [0.05, 0.1) is 17.9 Å². The molecule has 4 rings (SSSR count). The molecule has 2 N–H and O–H groups in total. The van der Waals surface area contributed by atoms with Crippen LogP contribution in [0.15, 0.2) is 29.2 Å². The molecule has 8 heteroatoms. The molecule has 1 aromatic heterocycles. The molecular formula is C28H36N2O4S2. The van der Waals surface area contributed by atoms with E-state index in [-0.39, 0.29) is 29.0 Å². The van der Waals surface area contributed by atoms with E-state index in [1.54, 1.807) is 0 Å². The predicted molar refractivity (Wildman–Crippen MR) is 147 cm³/mol. The minimum Gasteiger partial charge on any atom is -0.465 e. The van der Waals surface area contributed by atoms with Crippen LogP contribution in [0.4, 0.5) is 10.7 Å². The summed E-state index contributed by atoms with van der Waals surface area (Å²) >= 11 is 2.99. The normalized spacial score (nSPS) is 16.9. The van der Waals surface area contributed by atoms with E-state index in [0.29, 0.717) is 17.0 Å². The number of thioether (sulfide) groups is 1. The first-order chi connectivity index (χ1) is 17.5. The highest BCUT2D eigenvalue weighted by atomic mass is 32.2. The highest BCUT2D eigenvalue weighted by molar-refractivity contribution is 8.00. The number of ether oxygens (including phenoxy) is 1. The zero-order valence-corrected chi connectivity index (χ0v) is 22.8. The quantitative estimate of drug-likeness (QED) is 0.223. The summed E-state index contributed by atoms with van der Waals surface area (Å²) in [5, 5.41) is 6.39. The van der Waals surface area contributed by atoms with Crippen LogP contribution >= 0.6 is 23.1 Å². The molecule has 0 saturated heterocycles. The molecule has 2 aromatic rings. The van der Waals surface area contributed by atoms with Crippen molar-refractivity contribution in [2.75, 3.05) is 17.7 Å². The molecule has 2 aliphatic rings. The molecule has 1 atom stereocenters. The molecule has 1 saturated carbocycles. The van der Waals surface area contributed by atoms with Gasteiger partial charge in [0.2, 0.25) is 11.8 Å². The molecule has 1 fully saturated rings. The predicted octanol–water partition coefficient (Wildman–Crippen LogP) is 6.83. The average molecular weight is 529 g/mol. The molecule has 1 aromatic carbocycles. The number of benzene rings is 1. The van der Waals surface area contributed by atoms with Crippen LogP contribution in [0.3, 0.4) is 0 Å². The van der Waals surface area contributed by atoms with Crippen LogP contribution in [0, 0.1) is 5.92 Å². The maximum absolute atomic E-state index is 13.3. The highest BCUT2D eigenvalue weighted by Crippen LogP contribution is 2.39. The fourth-order valence-corrected chi connectivity index (χ4v) is 7.38. The monoisotopic (exact) mass is 528 g/mol. The van der Waals surface area contributed by atoms with Gasteiger partial charge in [-0.3, -0.25) is 9.59 Å². The molecule has 6 nitrogen and oxygen atoms in total. The lowest BCUT2D eigenvalue weighted by molar-refractivity contribution is -0.120. The van der Waals surface area contributed by atoms with Gasteiger partial charge >= 0.3 is 5.97 Å². The minimum absolute atomic E-state index is 0.0918. The van der Waals surface area contributed by atoms with Crippen molar-refractivity contribution in [2.24, 2.45) is 5.92 Å². The molecular weight excluding hydrogens is 492 g/mol. The summed E-state index contributed by atoms with van der Waals surface area (Å²) in [6.45, 7) is 1.98. The van der Waals surface area contributed by atoms with Crippen LogP contribution in [0.2, 0.25) is 0 Å². The van der Waals surface area contributed by atoms with Crippen molar-refractivity contribution in [1.82, 2.24) is 0 Å². The summed E-state index contributed by atoms with van der Waals surface area (Å²) in [7, 11) is 1.39. The van der Waals surface area contributed by atoms with Gasteiger partial charge in [-0.1, -0.05) is 38.7 Å². The van der Waals surface area contributed by atoms with Crippen molar-refractivity contribution in [2.45, 2.75) is 87.7 Å². The maximum atomic E-state index is 13.3. The van der Waals surface area contributed by atoms with E-state index in [2.05, 4.69) is 10.6 Å². The van der Waals surface area contributed by atoms with Crippen LogP contribution in [-0.4, -0.2) is 30.1 Å². The molecule has 1 heterocycles. The SMILES string of the molecule is CCC(Sc1cccc(NC(=O)C2CCCCC2)c1)C(=O)Nc1sc2c(c1C(=O)OC)CCCCC2. The number of aryl methyl sites for hydroxylation is 1. The Bertz CT molecular complexity index is 1090. The minimum atomic E-state index is -0.383. The Kier molecular flexibility index (Phi) is 9.48. The average Bonchev–Trinajstić information content (AvgIpc) is 3.07. The van der Waals surface area contributed by atoms with Crippen LogP contribution in [0.25, 0.3) is 0 Å². The van der Waals surface area contributed by atoms with E-state index < -0.39 is 0 Å². The van der Waals surface area contributed by atoms with Gasteiger partial charge in [-0.25, -0.2) is 4.79 Å². The van der Waals surface area contributed by atoms with E-state index in [1.807, 2.05) is 31.2 Å². The first-order valence-corrected chi connectivity index (χ1v) is 14.8. The summed E-state index contributed by atoms with van der Waals surface area (Å²) in [5.41, 5.74) is 2.34. The van der Waals surface area contributed by atoms with Crippen molar-refractivity contribution >= 4 is 51.6 Å². The standard InChI is InChI=1S/C28H36N2O4S2/c1-3-22(35-20-14-10-13-19(17-20)29-25(31)18-11-6-4-7-12-18)26(32)30-27-24(28(33)34-2)21-15-8-5-9-16-23(21)36-27/h10,13-14,17-18,22H,3-9,11-12,15-16H2,1-2H3,(H,29,31)(H,30,32). The molecule has 2 amide bonds. The largest absolute Gasteiger partial charge is 0.465 e. The number of rotatable bonds is 8. The number of amides is 2. The molecule has 0 bridgehead atoms. The third-order valence-corrected chi connectivity index (χ3v) is 9.63. The van der Waals surface area contributed by atoms with E-state index in [1.165, 1.54) is 41.5 Å². The number of hydrogen-bond donors (Lipinski definition) is 2. The van der Waals surface area contributed by atoms with Crippen molar-refractivity contribution in [3.63, 3.8) is 0 Å². The lowest BCUT2D eigenvalue weighted by Crippen LogP contribution is -2.25. The van der Waals surface area contributed by atoms with Crippen molar-refractivity contribution in [1.29, 1.82) is 0 Å². The molecule has 0 radical (unpaired) electrons. The van der Waals surface area contributed by atoms with Gasteiger partial charge in [-0.2, -0.15) is 0 Å². The van der Waals surface area contributed by atoms with E-state index in [4.69, 9.17) is 4.74 Å². The van der Waals surface area contributed by atoms with Gasteiger partial charge in [-0.05, 0) is 68.7 Å². The second-order valence-corrected chi connectivity index (χ2v) is 12.0. The summed E-state index contributed by atoms with van der Waals surface area (Å²) in [6.07, 6.45) is 11.1. The van der Waals surface area contributed by atoms with Crippen molar-refractivity contribution in [3.05, 3.63) is 40.3 Å². The Morgan fingerprint density at radius 3 is 2.56 bits per heavy atom.